The summed E-state index contributed by atoms with van der Waals surface area (Å²) in [7, 11) is -4.03. The number of sulfonamides is 1. The van der Waals surface area contributed by atoms with Gasteiger partial charge in [0, 0.05) is 6.07 Å². The second kappa shape index (κ2) is 7.77. The quantitative estimate of drug-likeness (QED) is 0.690. The van der Waals surface area contributed by atoms with Crippen LogP contribution in [-0.2, 0) is 19.6 Å². The van der Waals surface area contributed by atoms with Gasteiger partial charge in [-0.25, -0.2) is 13.2 Å². The van der Waals surface area contributed by atoms with Gasteiger partial charge in [0.05, 0.1) is 16.1 Å². The lowest BCUT2D eigenvalue weighted by Gasteiger charge is -2.19. The SMILES string of the molecule is C[C@@H](OC(=O)c1ccccc1NS(=O)(=O)c1ccc2c(c1)OCCO2)C(N)=O. The Hall–Kier alpha value is -3.27. The molecule has 0 aromatic heterocycles. The number of rotatable bonds is 6. The Kier molecular flexibility index (Phi) is 5.41. The van der Waals surface area contributed by atoms with Crippen LogP contribution in [0.5, 0.6) is 11.5 Å². The predicted molar refractivity (Wildman–Crippen MR) is 98.8 cm³/mol. The summed E-state index contributed by atoms with van der Waals surface area (Å²) in [6.07, 6.45) is -1.16. The zero-order valence-corrected chi connectivity index (χ0v) is 15.7. The molecule has 10 heteroatoms. The number of nitrogens with two attached hydrogens (primary N) is 1. The van der Waals surface area contributed by atoms with Gasteiger partial charge in [0.1, 0.15) is 13.2 Å². The second-order valence-electron chi connectivity index (χ2n) is 5.91. The number of esters is 1. The molecule has 148 valence electrons. The maximum atomic E-state index is 12.8. The summed E-state index contributed by atoms with van der Waals surface area (Å²) >= 11 is 0. The molecule has 0 radical (unpaired) electrons. The van der Waals surface area contributed by atoms with Gasteiger partial charge < -0.3 is 19.9 Å². The summed E-state index contributed by atoms with van der Waals surface area (Å²) in [4.78, 5) is 23.3. The fourth-order valence-electron chi connectivity index (χ4n) is 2.43. The summed E-state index contributed by atoms with van der Waals surface area (Å²) in [6.45, 7) is 2.02. The number of carbonyl (C=O) groups excluding carboxylic acids is 2. The van der Waals surface area contributed by atoms with E-state index in [4.69, 9.17) is 19.9 Å². The van der Waals surface area contributed by atoms with Gasteiger partial charge in [-0.2, -0.15) is 0 Å². The van der Waals surface area contributed by atoms with Gasteiger partial charge >= 0.3 is 5.97 Å². The van der Waals surface area contributed by atoms with Crippen molar-refractivity contribution in [3.63, 3.8) is 0 Å². The first-order valence-corrected chi connectivity index (χ1v) is 9.78. The van der Waals surface area contributed by atoms with Gasteiger partial charge in [0.2, 0.25) is 0 Å². The van der Waals surface area contributed by atoms with Gasteiger partial charge in [0.15, 0.2) is 17.6 Å². The number of anilines is 1. The van der Waals surface area contributed by atoms with Gasteiger partial charge in [-0.3, -0.25) is 9.52 Å². The number of amides is 1. The van der Waals surface area contributed by atoms with Crippen LogP contribution in [0.3, 0.4) is 0 Å². The van der Waals surface area contributed by atoms with Crippen molar-refractivity contribution in [2.24, 2.45) is 5.73 Å². The van der Waals surface area contributed by atoms with Crippen molar-refractivity contribution in [2.75, 3.05) is 17.9 Å². The van der Waals surface area contributed by atoms with Crippen molar-refractivity contribution >= 4 is 27.6 Å². The lowest BCUT2D eigenvalue weighted by Crippen LogP contribution is -2.30. The van der Waals surface area contributed by atoms with Crippen LogP contribution in [0, 0.1) is 0 Å². The van der Waals surface area contributed by atoms with Gasteiger partial charge in [-0.15, -0.1) is 0 Å². The average Bonchev–Trinajstić information content (AvgIpc) is 2.67. The highest BCUT2D eigenvalue weighted by atomic mass is 32.2. The Morgan fingerprint density at radius 3 is 2.50 bits per heavy atom. The smallest absolute Gasteiger partial charge is 0.341 e. The van der Waals surface area contributed by atoms with E-state index in [9.17, 15) is 18.0 Å². The molecule has 0 saturated carbocycles. The molecule has 9 nitrogen and oxygen atoms in total. The molecule has 1 aliphatic heterocycles. The third-order valence-corrected chi connectivity index (χ3v) is 5.26. The molecule has 0 bridgehead atoms. The minimum atomic E-state index is -4.03. The van der Waals surface area contributed by atoms with Crippen LogP contribution in [0.25, 0.3) is 0 Å². The molecule has 1 amide bonds. The Bertz CT molecular complexity index is 1020. The highest BCUT2D eigenvalue weighted by Gasteiger charge is 2.23. The molecule has 1 heterocycles. The Morgan fingerprint density at radius 1 is 1.11 bits per heavy atom. The molecular formula is C18H18N2O7S. The van der Waals surface area contributed by atoms with Crippen molar-refractivity contribution in [3.8, 4) is 11.5 Å². The molecule has 28 heavy (non-hydrogen) atoms. The molecule has 3 N–H and O–H groups in total. The first kappa shape index (κ1) is 19.5. The van der Waals surface area contributed by atoms with Crippen LogP contribution in [0.4, 0.5) is 5.69 Å². The molecule has 0 fully saturated rings. The van der Waals surface area contributed by atoms with Crippen LogP contribution in [-0.4, -0.2) is 39.6 Å². The zero-order chi connectivity index (χ0) is 20.3. The molecule has 2 aromatic rings. The van der Waals surface area contributed by atoms with E-state index in [0.29, 0.717) is 24.7 Å². The Balaban J connectivity index is 1.87. The number of hydrogen-bond donors (Lipinski definition) is 2. The van der Waals surface area contributed by atoms with Crippen molar-refractivity contribution in [1.29, 1.82) is 0 Å². The van der Waals surface area contributed by atoms with E-state index >= 15 is 0 Å². The number of ether oxygens (including phenoxy) is 3. The van der Waals surface area contributed by atoms with Crippen molar-refractivity contribution in [3.05, 3.63) is 48.0 Å². The number of primary amides is 1. The molecule has 0 saturated heterocycles. The van der Waals surface area contributed by atoms with E-state index in [1.807, 2.05) is 0 Å². The molecular weight excluding hydrogens is 388 g/mol. The minimum absolute atomic E-state index is 0.000871. The van der Waals surface area contributed by atoms with Gasteiger partial charge in [-0.1, -0.05) is 12.1 Å². The summed E-state index contributed by atoms with van der Waals surface area (Å²) in [6, 6.07) is 10.1. The molecule has 0 spiro atoms. The third kappa shape index (κ3) is 4.17. The third-order valence-electron chi connectivity index (χ3n) is 3.90. The van der Waals surface area contributed by atoms with Crippen LogP contribution in [0.1, 0.15) is 17.3 Å². The second-order valence-corrected chi connectivity index (χ2v) is 7.59. The lowest BCUT2D eigenvalue weighted by molar-refractivity contribution is -0.125. The summed E-state index contributed by atoms with van der Waals surface area (Å²) in [5.41, 5.74) is 5.02. The van der Waals surface area contributed by atoms with Crippen LogP contribution in [0.2, 0.25) is 0 Å². The fourth-order valence-corrected chi connectivity index (χ4v) is 3.52. The maximum Gasteiger partial charge on any atom is 0.341 e. The molecule has 0 unspecified atom stereocenters. The van der Waals surface area contributed by atoms with E-state index in [-0.39, 0.29) is 16.1 Å². The first-order valence-electron chi connectivity index (χ1n) is 8.30. The van der Waals surface area contributed by atoms with Crippen molar-refractivity contribution in [2.45, 2.75) is 17.9 Å². The van der Waals surface area contributed by atoms with E-state index in [2.05, 4.69) is 4.72 Å². The first-order chi connectivity index (χ1) is 13.3. The topological polar surface area (TPSA) is 134 Å². The van der Waals surface area contributed by atoms with Gasteiger partial charge in [-0.05, 0) is 31.2 Å². The highest BCUT2D eigenvalue weighted by Crippen LogP contribution is 2.33. The largest absolute Gasteiger partial charge is 0.486 e. The standard InChI is InChI=1S/C18H18N2O7S/c1-11(17(19)21)27-18(22)13-4-2-3-5-14(13)20-28(23,24)12-6-7-15-16(10-12)26-9-8-25-15/h2-7,10-11,20H,8-9H2,1H3,(H2,19,21)/t11-/m1/s1. The summed E-state index contributed by atoms with van der Waals surface area (Å²) in [5, 5.41) is 0. The average molecular weight is 406 g/mol. The van der Waals surface area contributed by atoms with Crippen LogP contribution < -0.4 is 19.9 Å². The normalized spacial score (nSPS) is 14.0. The summed E-state index contributed by atoms with van der Waals surface area (Å²) < 4.78 is 43.6. The minimum Gasteiger partial charge on any atom is -0.486 e. The highest BCUT2D eigenvalue weighted by molar-refractivity contribution is 7.92. The number of hydrogen-bond acceptors (Lipinski definition) is 7. The van der Waals surface area contributed by atoms with E-state index in [0.717, 1.165) is 0 Å². The van der Waals surface area contributed by atoms with E-state index in [1.165, 1.54) is 43.3 Å². The zero-order valence-electron chi connectivity index (χ0n) is 14.9. The monoisotopic (exact) mass is 406 g/mol. The lowest BCUT2D eigenvalue weighted by atomic mass is 10.2. The van der Waals surface area contributed by atoms with Gasteiger partial charge in [0.25, 0.3) is 15.9 Å². The molecule has 0 aliphatic carbocycles. The Labute approximate surface area is 161 Å². The van der Waals surface area contributed by atoms with Crippen molar-refractivity contribution < 1.29 is 32.2 Å². The molecule has 2 aromatic carbocycles. The number of nitrogens with one attached hydrogen (secondary N) is 1. The van der Waals surface area contributed by atoms with E-state index < -0.39 is 28.0 Å². The number of carbonyl (C=O) groups is 2. The van der Waals surface area contributed by atoms with E-state index in [1.54, 1.807) is 6.07 Å². The number of fused-ring (bicyclic) bond motifs is 1. The van der Waals surface area contributed by atoms with Crippen molar-refractivity contribution in [1.82, 2.24) is 0 Å². The van der Waals surface area contributed by atoms with Crippen LogP contribution >= 0.6 is 0 Å². The fraction of sp³-hybridized carbons (Fsp3) is 0.222. The molecule has 1 aliphatic rings. The van der Waals surface area contributed by atoms with Crippen LogP contribution in [0.15, 0.2) is 47.4 Å². The summed E-state index contributed by atoms with van der Waals surface area (Å²) in [5.74, 6) is -0.929. The number of para-hydroxylation sites is 1. The molecule has 3 rings (SSSR count). The molecule has 1 atom stereocenters. The predicted octanol–water partition coefficient (Wildman–Crippen LogP) is 1.29. The number of benzene rings is 2. The maximum absolute atomic E-state index is 12.8. The Morgan fingerprint density at radius 2 is 1.79 bits per heavy atom.